The Morgan fingerprint density at radius 2 is 1.71 bits per heavy atom. The Labute approximate surface area is 170 Å². The predicted molar refractivity (Wildman–Crippen MR) is 109 cm³/mol. The number of amides is 1. The fourth-order valence-corrected chi connectivity index (χ4v) is 4.47. The maximum absolute atomic E-state index is 13.0. The summed E-state index contributed by atoms with van der Waals surface area (Å²) in [6.45, 7) is 0.455. The molecular formula is C19H23ClFN3O3S. The molecule has 0 aliphatic heterocycles. The molecule has 28 heavy (non-hydrogen) atoms. The molecule has 0 spiro atoms. The minimum absolute atomic E-state index is 0. The van der Waals surface area contributed by atoms with E-state index in [-0.39, 0.29) is 40.7 Å². The molecule has 1 aliphatic carbocycles. The van der Waals surface area contributed by atoms with Crippen molar-refractivity contribution in [3.8, 4) is 0 Å². The molecule has 0 heterocycles. The van der Waals surface area contributed by atoms with E-state index >= 15 is 0 Å². The molecule has 1 aliphatic rings. The van der Waals surface area contributed by atoms with Gasteiger partial charge in [0.05, 0.1) is 16.3 Å². The van der Waals surface area contributed by atoms with Gasteiger partial charge in [-0.1, -0.05) is 18.6 Å². The van der Waals surface area contributed by atoms with Gasteiger partial charge in [0.2, 0.25) is 5.91 Å². The van der Waals surface area contributed by atoms with Crippen LogP contribution in [0.25, 0.3) is 0 Å². The lowest BCUT2D eigenvalue weighted by molar-refractivity contribution is -0.120. The average Bonchev–Trinajstić information content (AvgIpc) is 3.12. The second kappa shape index (κ2) is 9.36. The van der Waals surface area contributed by atoms with Crippen LogP contribution in [0.3, 0.4) is 0 Å². The van der Waals surface area contributed by atoms with E-state index in [1.165, 1.54) is 12.1 Å². The minimum atomic E-state index is -3.91. The highest BCUT2D eigenvalue weighted by Gasteiger charge is 2.32. The fraction of sp³-hybridized carbons (Fsp3) is 0.316. The van der Waals surface area contributed by atoms with Crippen molar-refractivity contribution in [1.29, 1.82) is 0 Å². The van der Waals surface area contributed by atoms with E-state index in [1.807, 2.05) is 0 Å². The molecule has 9 heteroatoms. The van der Waals surface area contributed by atoms with Gasteiger partial charge in [0.1, 0.15) is 5.82 Å². The van der Waals surface area contributed by atoms with Crippen LogP contribution in [0, 0.1) is 17.7 Å². The Kier molecular flexibility index (Phi) is 7.40. The van der Waals surface area contributed by atoms with Crippen molar-refractivity contribution in [2.75, 3.05) is 16.6 Å². The number of sulfonamides is 1. The first-order chi connectivity index (χ1) is 12.9. The first-order valence-corrected chi connectivity index (χ1v) is 10.3. The zero-order chi connectivity index (χ0) is 19.4. The molecule has 1 saturated carbocycles. The minimum Gasteiger partial charge on any atom is -0.330 e. The lowest BCUT2D eigenvalue weighted by Gasteiger charge is -2.19. The average molecular weight is 428 g/mol. The van der Waals surface area contributed by atoms with E-state index in [2.05, 4.69) is 10.0 Å². The van der Waals surface area contributed by atoms with Gasteiger partial charge in [-0.15, -0.1) is 12.4 Å². The van der Waals surface area contributed by atoms with Gasteiger partial charge in [0.25, 0.3) is 10.0 Å². The summed E-state index contributed by atoms with van der Waals surface area (Å²) in [5.74, 6) is -0.700. The third kappa shape index (κ3) is 5.01. The number of nitrogens with two attached hydrogens (primary N) is 1. The molecule has 2 aromatic rings. The number of carbonyl (C=O) groups excluding carboxylic acids is 1. The monoisotopic (exact) mass is 427 g/mol. The molecular weight excluding hydrogens is 405 g/mol. The highest BCUT2D eigenvalue weighted by molar-refractivity contribution is 7.92. The second-order valence-electron chi connectivity index (χ2n) is 6.63. The Morgan fingerprint density at radius 3 is 2.36 bits per heavy atom. The number of benzene rings is 2. The van der Waals surface area contributed by atoms with Crippen molar-refractivity contribution >= 4 is 39.7 Å². The molecule has 0 unspecified atom stereocenters. The van der Waals surface area contributed by atoms with Crippen LogP contribution in [0.4, 0.5) is 15.8 Å². The molecule has 2 atom stereocenters. The number of rotatable bonds is 6. The van der Waals surface area contributed by atoms with Gasteiger partial charge >= 0.3 is 0 Å². The third-order valence-electron chi connectivity index (χ3n) is 4.85. The topological polar surface area (TPSA) is 101 Å². The largest absolute Gasteiger partial charge is 0.330 e. The van der Waals surface area contributed by atoms with Crippen molar-refractivity contribution in [3.05, 3.63) is 54.3 Å². The van der Waals surface area contributed by atoms with Crippen LogP contribution < -0.4 is 15.8 Å². The molecule has 152 valence electrons. The summed E-state index contributed by atoms with van der Waals surface area (Å²) in [6, 6.07) is 11.1. The van der Waals surface area contributed by atoms with Crippen LogP contribution >= 0.6 is 12.4 Å². The van der Waals surface area contributed by atoms with Crippen LogP contribution in [-0.2, 0) is 14.8 Å². The Bertz CT molecular complexity index is 922. The molecule has 0 radical (unpaired) electrons. The van der Waals surface area contributed by atoms with Crippen LogP contribution in [0.1, 0.15) is 19.3 Å². The van der Waals surface area contributed by atoms with Crippen LogP contribution in [0.5, 0.6) is 0 Å². The lowest BCUT2D eigenvalue weighted by atomic mass is 9.95. The van der Waals surface area contributed by atoms with Crippen molar-refractivity contribution < 1.29 is 17.6 Å². The molecule has 6 nitrogen and oxygen atoms in total. The molecule has 3 rings (SSSR count). The summed E-state index contributed by atoms with van der Waals surface area (Å²) < 4.78 is 40.6. The van der Waals surface area contributed by atoms with Gasteiger partial charge in [0, 0.05) is 5.92 Å². The van der Waals surface area contributed by atoms with E-state index in [1.54, 1.807) is 24.3 Å². The maximum Gasteiger partial charge on any atom is 0.261 e. The maximum atomic E-state index is 13.0. The van der Waals surface area contributed by atoms with E-state index in [9.17, 15) is 17.6 Å². The van der Waals surface area contributed by atoms with Gasteiger partial charge < -0.3 is 11.1 Å². The number of halogens is 2. The molecule has 0 aromatic heterocycles. The molecule has 1 fully saturated rings. The number of hydrogen-bond acceptors (Lipinski definition) is 4. The summed E-state index contributed by atoms with van der Waals surface area (Å²) in [4.78, 5) is 12.6. The molecule has 1 amide bonds. The Balaban J connectivity index is 0.00000280. The summed E-state index contributed by atoms with van der Waals surface area (Å²) in [5.41, 5.74) is 6.36. The zero-order valence-corrected chi connectivity index (χ0v) is 16.7. The normalized spacial score (nSPS) is 18.9. The van der Waals surface area contributed by atoms with E-state index in [0.29, 0.717) is 12.2 Å². The van der Waals surface area contributed by atoms with Crippen molar-refractivity contribution in [2.45, 2.75) is 24.2 Å². The van der Waals surface area contributed by atoms with Crippen LogP contribution in [0.15, 0.2) is 53.4 Å². The number of para-hydroxylation sites is 2. The number of nitrogens with one attached hydrogen (secondary N) is 2. The van der Waals surface area contributed by atoms with Crippen LogP contribution in [0.2, 0.25) is 0 Å². The standard InChI is InChI=1S/C19H22FN3O3S.ClH/c20-14-8-10-15(11-9-14)27(25,26)23-18-7-2-1-6-17(18)22-19(24)16-5-3-4-13(16)12-21;/h1-2,6-11,13,16,23H,3-5,12,21H2,(H,22,24);1H/t13-,16-;/m1./s1. The predicted octanol–water partition coefficient (Wildman–Crippen LogP) is 3.36. The number of anilines is 2. The van der Waals surface area contributed by atoms with Crippen LogP contribution in [-0.4, -0.2) is 20.9 Å². The summed E-state index contributed by atoms with van der Waals surface area (Å²) >= 11 is 0. The fourth-order valence-electron chi connectivity index (χ4n) is 3.39. The smallest absolute Gasteiger partial charge is 0.261 e. The van der Waals surface area contributed by atoms with Gasteiger partial charge in [0.15, 0.2) is 0 Å². The van der Waals surface area contributed by atoms with Gasteiger partial charge in [-0.25, -0.2) is 12.8 Å². The van der Waals surface area contributed by atoms with Crippen molar-refractivity contribution in [1.82, 2.24) is 0 Å². The molecule has 2 aromatic carbocycles. The Hall–Kier alpha value is -2.16. The quantitative estimate of drug-likeness (QED) is 0.657. The lowest BCUT2D eigenvalue weighted by Crippen LogP contribution is -2.30. The highest BCUT2D eigenvalue weighted by atomic mass is 35.5. The SMILES string of the molecule is Cl.NC[C@H]1CCC[C@H]1C(=O)Nc1ccccc1NS(=O)(=O)c1ccc(F)cc1. The molecule has 4 N–H and O–H groups in total. The third-order valence-corrected chi connectivity index (χ3v) is 6.23. The summed E-state index contributed by atoms with van der Waals surface area (Å²) in [5, 5.41) is 2.82. The summed E-state index contributed by atoms with van der Waals surface area (Å²) in [6.07, 6.45) is 2.66. The highest BCUT2D eigenvalue weighted by Crippen LogP contribution is 2.33. The van der Waals surface area contributed by atoms with E-state index in [0.717, 1.165) is 31.4 Å². The number of carbonyl (C=O) groups is 1. The van der Waals surface area contributed by atoms with Crippen molar-refractivity contribution in [2.24, 2.45) is 17.6 Å². The Morgan fingerprint density at radius 1 is 1.07 bits per heavy atom. The zero-order valence-electron chi connectivity index (χ0n) is 15.1. The van der Waals surface area contributed by atoms with E-state index in [4.69, 9.17) is 5.73 Å². The van der Waals surface area contributed by atoms with Gasteiger partial charge in [-0.3, -0.25) is 9.52 Å². The molecule has 0 saturated heterocycles. The first-order valence-electron chi connectivity index (χ1n) is 8.79. The molecule has 0 bridgehead atoms. The van der Waals surface area contributed by atoms with Crippen molar-refractivity contribution in [3.63, 3.8) is 0 Å². The van der Waals surface area contributed by atoms with E-state index < -0.39 is 15.8 Å². The summed E-state index contributed by atoms with van der Waals surface area (Å²) in [7, 11) is -3.91. The van der Waals surface area contributed by atoms with Gasteiger partial charge in [-0.05, 0) is 61.7 Å². The number of hydrogen-bond donors (Lipinski definition) is 3. The first kappa shape index (κ1) is 22.1. The van der Waals surface area contributed by atoms with Gasteiger partial charge in [-0.2, -0.15) is 0 Å². The second-order valence-corrected chi connectivity index (χ2v) is 8.31.